The van der Waals surface area contributed by atoms with Crippen LogP contribution < -0.4 is 4.90 Å². The molecule has 3 aromatic rings. The molecule has 1 atom stereocenters. The zero-order valence-corrected chi connectivity index (χ0v) is 19.9. The summed E-state index contributed by atoms with van der Waals surface area (Å²) in [5.41, 5.74) is 1.78. The zero-order valence-electron chi connectivity index (χ0n) is 19.9. The van der Waals surface area contributed by atoms with Gasteiger partial charge in [0.2, 0.25) is 5.91 Å². The number of furan rings is 1. The van der Waals surface area contributed by atoms with Crippen LogP contribution >= 0.6 is 0 Å². The highest BCUT2D eigenvalue weighted by molar-refractivity contribution is 5.91. The van der Waals surface area contributed by atoms with E-state index in [0.29, 0.717) is 38.5 Å². The van der Waals surface area contributed by atoms with E-state index in [2.05, 4.69) is 19.4 Å². The number of piperidine rings is 1. The lowest BCUT2D eigenvalue weighted by atomic mass is 9.96. The summed E-state index contributed by atoms with van der Waals surface area (Å²) < 4.78 is 7.49. The number of carbonyl (C=O) groups excluding carboxylic acids is 2. The van der Waals surface area contributed by atoms with E-state index in [9.17, 15) is 9.59 Å². The first kappa shape index (κ1) is 22.1. The fourth-order valence-corrected chi connectivity index (χ4v) is 5.67. The van der Waals surface area contributed by atoms with Gasteiger partial charge in [-0.05, 0) is 37.8 Å². The van der Waals surface area contributed by atoms with Crippen molar-refractivity contribution in [2.75, 3.05) is 44.2 Å². The number of aryl methyl sites for hydroxylation is 2. The van der Waals surface area contributed by atoms with Gasteiger partial charge in [-0.15, -0.1) is 0 Å². The molecule has 0 radical (unpaired) electrons. The summed E-state index contributed by atoms with van der Waals surface area (Å²) in [6.07, 6.45) is 9.47. The van der Waals surface area contributed by atoms with E-state index in [1.54, 1.807) is 23.4 Å². The van der Waals surface area contributed by atoms with Crippen molar-refractivity contribution in [2.24, 2.45) is 5.92 Å². The normalized spacial score (nSPS) is 21.1. The second kappa shape index (κ2) is 9.31. The quantitative estimate of drug-likeness (QED) is 0.571. The summed E-state index contributed by atoms with van der Waals surface area (Å²) in [7, 11) is 0. The van der Waals surface area contributed by atoms with Crippen molar-refractivity contribution in [3.63, 3.8) is 0 Å². The van der Waals surface area contributed by atoms with Crippen molar-refractivity contribution in [3.05, 3.63) is 36.3 Å². The second-order valence-electron chi connectivity index (χ2n) is 9.74. The number of piperazine rings is 1. The van der Waals surface area contributed by atoms with Crippen LogP contribution in [0.2, 0.25) is 0 Å². The Labute approximate surface area is 203 Å². The summed E-state index contributed by atoms with van der Waals surface area (Å²) in [5, 5.41) is 0. The van der Waals surface area contributed by atoms with E-state index in [-0.39, 0.29) is 17.7 Å². The van der Waals surface area contributed by atoms with E-state index in [4.69, 9.17) is 9.40 Å². The number of amides is 2. The van der Waals surface area contributed by atoms with E-state index < -0.39 is 0 Å². The topological polar surface area (TPSA) is 101 Å². The maximum atomic E-state index is 13.4. The number of fused-ring (bicyclic) bond motifs is 3. The molecule has 0 bridgehead atoms. The van der Waals surface area contributed by atoms with Gasteiger partial charge in [0.1, 0.15) is 12.2 Å². The summed E-state index contributed by atoms with van der Waals surface area (Å²) in [6, 6.07) is 3.40. The average molecular weight is 478 g/mol. The minimum atomic E-state index is -0.114. The summed E-state index contributed by atoms with van der Waals surface area (Å²) in [6.45, 7) is 4.60. The highest BCUT2D eigenvalue weighted by Crippen LogP contribution is 2.30. The predicted octanol–water partition coefficient (Wildman–Crippen LogP) is 2.35. The van der Waals surface area contributed by atoms with Crippen molar-refractivity contribution >= 4 is 28.8 Å². The lowest BCUT2D eigenvalue weighted by molar-refractivity contribution is -0.137. The van der Waals surface area contributed by atoms with Gasteiger partial charge in [-0.2, -0.15) is 0 Å². The fraction of sp³-hybridized carbons (Fsp3) is 0.560. The minimum Gasteiger partial charge on any atom is -0.459 e. The van der Waals surface area contributed by atoms with Gasteiger partial charge in [-0.25, -0.2) is 15.0 Å². The van der Waals surface area contributed by atoms with Crippen LogP contribution in [0.25, 0.3) is 11.2 Å². The molecule has 0 aliphatic carbocycles. The van der Waals surface area contributed by atoms with Gasteiger partial charge in [0.25, 0.3) is 5.91 Å². The Morgan fingerprint density at radius 3 is 2.63 bits per heavy atom. The van der Waals surface area contributed by atoms with Crippen molar-refractivity contribution in [1.29, 1.82) is 0 Å². The third-order valence-electron chi connectivity index (χ3n) is 7.55. The van der Waals surface area contributed by atoms with Gasteiger partial charge in [-0.3, -0.25) is 9.59 Å². The van der Waals surface area contributed by atoms with Gasteiger partial charge >= 0.3 is 0 Å². The first-order valence-electron chi connectivity index (χ1n) is 12.8. The molecule has 10 heteroatoms. The molecule has 0 saturated carbocycles. The van der Waals surface area contributed by atoms with E-state index in [1.807, 2.05) is 4.90 Å². The lowest BCUT2D eigenvalue weighted by Crippen LogP contribution is -2.53. The van der Waals surface area contributed by atoms with Gasteiger partial charge in [0.05, 0.1) is 12.2 Å². The standard InChI is InChI=1S/C25H31N7O3/c33-24(29-11-13-30(14-12-29)25(34)19-7-5-15-35-19)18-6-4-9-31(16-18)22-21-23(27-17-26-22)32-10-3-1-2-8-20(32)28-21/h5,7,15,17-18H,1-4,6,8-14,16H2. The SMILES string of the molecule is O=C(c1ccco1)N1CCN(C(=O)C2CCCN(c3ncnc4c3nc3n4CCCCC3)C2)CC1. The van der Waals surface area contributed by atoms with Crippen molar-refractivity contribution in [3.8, 4) is 0 Å². The van der Waals surface area contributed by atoms with E-state index in [0.717, 1.165) is 68.0 Å². The predicted molar refractivity (Wildman–Crippen MR) is 129 cm³/mol. The zero-order chi connectivity index (χ0) is 23.8. The van der Waals surface area contributed by atoms with Gasteiger partial charge in [0.15, 0.2) is 22.7 Å². The van der Waals surface area contributed by atoms with Crippen LogP contribution in [-0.2, 0) is 17.8 Å². The Morgan fingerprint density at radius 1 is 0.943 bits per heavy atom. The van der Waals surface area contributed by atoms with Crippen LogP contribution in [-0.4, -0.2) is 80.4 Å². The second-order valence-corrected chi connectivity index (χ2v) is 9.74. The number of imidazole rings is 1. The summed E-state index contributed by atoms with van der Waals surface area (Å²) in [4.78, 5) is 46.0. The first-order valence-corrected chi connectivity index (χ1v) is 12.8. The molecule has 1 unspecified atom stereocenters. The highest BCUT2D eigenvalue weighted by Gasteiger charge is 2.33. The fourth-order valence-electron chi connectivity index (χ4n) is 5.67. The monoisotopic (exact) mass is 477 g/mol. The third-order valence-corrected chi connectivity index (χ3v) is 7.55. The number of hydrogen-bond acceptors (Lipinski definition) is 7. The minimum absolute atomic E-state index is 0.0819. The molecular weight excluding hydrogens is 446 g/mol. The van der Waals surface area contributed by atoms with Gasteiger partial charge < -0.3 is 23.7 Å². The molecule has 10 nitrogen and oxygen atoms in total. The maximum absolute atomic E-state index is 13.4. The lowest BCUT2D eigenvalue weighted by Gasteiger charge is -2.39. The molecule has 0 aromatic carbocycles. The van der Waals surface area contributed by atoms with Gasteiger partial charge in [0, 0.05) is 52.2 Å². The van der Waals surface area contributed by atoms with Crippen LogP contribution in [0.3, 0.4) is 0 Å². The van der Waals surface area contributed by atoms with Crippen LogP contribution in [0.5, 0.6) is 0 Å². The molecular formula is C25H31N7O3. The Kier molecular flexibility index (Phi) is 5.87. The summed E-state index contributed by atoms with van der Waals surface area (Å²) >= 11 is 0. The Balaban J connectivity index is 1.14. The molecule has 0 N–H and O–H groups in total. The highest BCUT2D eigenvalue weighted by atomic mass is 16.3. The number of anilines is 1. The number of hydrogen-bond donors (Lipinski definition) is 0. The molecule has 3 aliphatic heterocycles. The van der Waals surface area contributed by atoms with Crippen molar-refractivity contribution < 1.29 is 14.0 Å². The molecule has 3 aliphatic rings. The molecule has 35 heavy (non-hydrogen) atoms. The van der Waals surface area contributed by atoms with E-state index in [1.165, 1.54) is 12.7 Å². The van der Waals surface area contributed by atoms with Gasteiger partial charge in [-0.1, -0.05) is 6.42 Å². The van der Waals surface area contributed by atoms with Crippen LogP contribution in [0.1, 0.15) is 48.5 Å². The maximum Gasteiger partial charge on any atom is 0.289 e. The number of nitrogens with zero attached hydrogens (tertiary/aromatic N) is 7. The molecule has 3 aromatic heterocycles. The number of carbonyl (C=O) groups is 2. The smallest absolute Gasteiger partial charge is 0.289 e. The first-order chi connectivity index (χ1) is 17.2. The van der Waals surface area contributed by atoms with Crippen LogP contribution in [0, 0.1) is 5.92 Å². The number of aromatic nitrogens is 4. The molecule has 6 heterocycles. The Bertz CT molecular complexity index is 1210. The molecule has 2 amide bonds. The Morgan fingerprint density at radius 2 is 1.80 bits per heavy atom. The molecule has 2 saturated heterocycles. The average Bonchev–Trinajstić information content (AvgIpc) is 3.51. The molecule has 6 rings (SSSR count). The van der Waals surface area contributed by atoms with Crippen LogP contribution in [0.4, 0.5) is 5.82 Å². The van der Waals surface area contributed by atoms with Crippen molar-refractivity contribution in [1.82, 2.24) is 29.3 Å². The number of rotatable bonds is 3. The third kappa shape index (κ3) is 4.15. The molecule has 2 fully saturated rings. The summed E-state index contributed by atoms with van der Waals surface area (Å²) in [5.74, 6) is 2.28. The van der Waals surface area contributed by atoms with Crippen LogP contribution in [0.15, 0.2) is 29.1 Å². The van der Waals surface area contributed by atoms with Crippen molar-refractivity contribution in [2.45, 2.75) is 45.1 Å². The Hall–Kier alpha value is -3.43. The molecule has 0 spiro atoms. The largest absolute Gasteiger partial charge is 0.459 e. The molecule has 184 valence electrons. The van der Waals surface area contributed by atoms with E-state index >= 15 is 0 Å².